The van der Waals surface area contributed by atoms with Crippen LogP contribution in [0.5, 0.6) is 0 Å². The summed E-state index contributed by atoms with van der Waals surface area (Å²) in [6.07, 6.45) is 4.54. The smallest absolute Gasteiger partial charge is 0.271 e. The van der Waals surface area contributed by atoms with Crippen molar-refractivity contribution in [2.75, 3.05) is 6.54 Å². The number of benzene rings is 1. The van der Waals surface area contributed by atoms with Crippen LogP contribution in [0, 0.1) is 13.8 Å². The van der Waals surface area contributed by atoms with Crippen LogP contribution in [-0.4, -0.2) is 22.4 Å². The van der Waals surface area contributed by atoms with Crippen LogP contribution in [0.3, 0.4) is 0 Å². The van der Waals surface area contributed by atoms with Crippen molar-refractivity contribution >= 4 is 5.91 Å². The predicted octanol–water partition coefficient (Wildman–Crippen LogP) is 2.63. The summed E-state index contributed by atoms with van der Waals surface area (Å²) in [4.78, 5) is 19.8. The van der Waals surface area contributed by atoms with Gasteiger partial charge in [0.1, 0.15) is 5.69 Å². The van der Waals surface area contributed by atoms with Crippen LogP contribution in [0.15, 0.2) is 36.8 Å². The Balaban J connectivity index is 2.00. The molecule has 4 nitrogen and oxygen atoms in total. The molecule has 2 aromatic rings. The number of aryl methyl sites for hydroxylation is 2. The number of hydrogen-bond donors (Lipinski definition) is 1. The third-order valence-corrected chi connectivity index (χ3v) is 3.33. The van der Waals surface area contributed by atoms with Crippen molar-refractivity contribution < 1.29 is 4.79 Å². The molecule has 1 aromatic heterocycles. The van der Waals surface area contributed by atoms with Gasteiger partial charge >= 0.3 is 0 Å². The maximum Gasteiger partial charge on any atom is 0.271 e. The van der Waals surface area contributed by atoms with E-state index in [2.05, 4.69) is 54.3 Å². The Hall–Kier alpha value is -2.23. The molecule has 0 fully saturated rings. The Kier molecular flexibility index (Phi) is 4.45. The number of nitrogens with one attached hydrogen (secondary N) is 1. The van der Waals surface area contributed by atoms with Gasteiger partial charge in [-0.15, -0.1) is 0 Å². The summed E-state index contributed by atoms with van der Waals surface area (Å²) in [5.41, 5.74) is 4.10. The van der Waals surface area contributed by atoms with Crippen molar-refractivity contribution in [3.8, 4) is 0 Å². The van der Waals surface area contributed by atoms with Crippen molar-refractivity contribution in [1.29, 1.82) is 0 Å². The predicted molar refractivity (Wildman–Crippen MR) is 78.7 cm³/mol. The number of amides is 1. The number of aromatic nitrogens is 2. The van der Waals surface area contributed by atoms with Gasteiger partial charge in [-0.1, -0.05) is 30.7 Å². The lowest BCUT2D eigenvalue weighted by molar-refractivity contribution is 0.0946. The third kappa shape index (κ3) is 3.41. The fourth-order valence-electron chi connectivity index (χ4n) is 2.15. The fraction of sp³-hybridized carbons (Fsp3) is 0.312. The zero-order chi connectivity index (χ0) is 14.5. The van der Waals surface area contributed by atoms with Gasteiger partial charge in [0.15, 0.2) is 0 Å². The molecule has 1 heterocycles. The first-order valence-corrected chi connectivity index (χ1v) is 6.69. The molecular weight excluding hydrogens is 250 g/mol. The standard InChI is InChI=1S/C16H19N3O/c1-11-4-5-12(2)14(8-11)13(3)9-19-16(20)15-10-17-6-7-18-15/h4-8,10,13H,9H2,1-3H3,(H,19,20)/t13-/m1/s1. The van der Waals surface area contributed by atoms with Gasteiger partial charge in [0.05, 0.1) is 6.20 Å². The molecule has 0 saturated heterocycles. The Morgan fingerprint density at radius 1 is 1.30 bits per heavy atom. The molecule has 0 spiro atoms. The second-order valence-corrected chi connectivity index (χ2v) is 5.06. The largest absolute Gasteiger partial charge is 0.350 e. The van der Waals surface area contributed by atoms with Crippen LogP contribution in [0.2, 0.25) is 0 Å². The summed E-state index contributed by atoms with van der Waals surface area (Å²) in [5.74, 6) is 0.0748. The van der Waals surface area contributed by atoms with Crippen molar-refractivity contribution in [1.82, 2.24) is 15.3 Å². The van der Waals surface area contributed by atoms with Gasteiger partial charge < -0.3 is 5.32 Å². The molecular formula is C16H19N3O. The molecule has 0 aliphatic rings. The summed E-state index contributed by atoms with van der Waals surface area (Å²) in [5, 5.41) is 2.90. The van der Waals surface area contributed by atoms with Crippen LogP contribution >= 0.6 is 0 Å². The highest BCUT2D eigenvalue weighted by molar-refractivity contribution is 5.91. The Bertz CT molecular complexity index is 596. The number of rotatable bonds is 4. The number of carbonyl (C=O) groups excluding carboxylic acids is 1. The second kappa shape index (κ2) is 6.28. The van der Waals surface area contributed by atoms with E-state index >= 15 is 0 Å². The van der Waals surface area contributed by atoms with Crippen molar-refractivity contribution in [2.24, 2.45) is 0 Å². The topological polar surface area (TPSA) is 54.9 Å². The van der Waals surface area contributed by atoms with Gasteiger partial charge in [-0.25, -0.2) is 4.98 Å². The SMILES string of the molecule is Cc1ccc(C)c([C@H](C)CNC(=O)c2cnccn2)c1. The van der Waals surface area contributed by atoms with E-state index in [0.29, 0.717) is 12.2 Å². The molecule has 1 atom stereocenters. The van der Waals surface area contributed by atoms with E-state index in [0.717, 1.165) is 0 Å². The average Bonchev–Trinajstić information content (AvgIpc) is 2.47. The van der Waals surface area contributed by atoms with E-state index in [-0.39, 0.29) is 11.8 Å². The summed E-state index contributed by atoms with van der Waals surface area (Å²) in [7, 11) is 0. The minimum Gasteiger partial charge on any atom is -0.350 e. The first kappa shape index (κ1) is 14.2. The third-order valence-electron chi connectivity index (χ3n) is 3.33. The maximum atomic E-state index is 11.9. The van der Waals surface area contributed by atoms with Crippen LogP contribution < -0.4 is 5.32 Å². The minimum absolute atomic E-state index is 0.185. The highest BCUT2D eigenvalue weighted by Crippen LogP contribution is 2.20. The van der Waals surface area contributed by atoms with Gasteiger partial charge in [-0.2, -0.15) is 0 Å². The number of nitrogens with zero attached hydrogens (tertiary/aromatic N) is 2. The fourth-order valence-corrected chi connectivity index (χ4v) is 2.15. The zero-order valence-corrected chi connectivity index (χ0v) is 12.1. The maximum absolute atomic E-state index is 11.9. The lowest BCUT2D eigenvalue weighted by atomic mass is 9.94. The van der Waals surface area contributed by atoms with E-state index < -0.39 is 0 Å². The van der Waals surface area contributed by atoms with Crippen LogP contribution in [0.1, 0.15) is 40.0 Å². The monoisotopic (exact) mass is 269 g/mol. The normalized spacial score (nSPS) is 11.9. The van der Waals surface area contributed by atoms with Crippen molar-refractivity contribution in [3.63, 3.8) is 0 Å². The molecule has 0 aliphatic carbocycles. The molecule has 0 radical (unpaired) electrons. The van der Waals surface area contributed by atoms with E-state index in [1.807, 2.05) is 0 Å². The molecule has 0 aliphatic heterocycles. The van der Waals surface area contributed by atoms with E-state index in [1.165, 1.54) is 29.1 Å². The number of carbonyl (C=O) groups is 1. The molecule has 0 unspecified atom stereocenters. The van der Waals surface area contributed by atoms with E-state index in [1.54, 1.807) is 6.20 Å². The molecule has 0 saturated carbocycles. The second-order valence-electron chi connectivity index (χ2n) is 5.06. The van der Waals surface area contributed by atoms with Crippen molar-refractivity contribution in [2.45, 2.75) is 26.7 Å². The number of hydrogen-bond acceptors (Lipinski definition) is 3. The Labute approximate surface area is 119 Å². The molecule has 4 heteroatoms. The lowest BCUT2D eigenvalue weighted by Crippen LogP contribution is -2.28. The first-order valence-electron chi connectivity index (χ1n) is 6.69. The van der Waals surface area contributed by atoms with E-state index in [9.17, 15) is 4.79 Å². The Morgan fingerprint density at radius 3 is 2.80 bits per heavy atom. The van der Waals surface area contributed by atoms with Gasteiger partial charge in [0.2, 0.25) is 0 Å². The van der Waals surface area contributed by atoms with Crippen LogP contribution in [0.25, 0.3) is 0 Å². The molecule has 1 aromatic carbocycles. The summed E-state index contributed by atoms with van der Waals surface area (Å²) in [6, 6.07) is 6.39. The zero-order valence-electron chi connectivity index (χ0n) is 12.1. The molecule has 2 rings (SSSR count). The van der Waals surface area contributed by atoms with Gasteiger partial charge in [-0.05, 0) is 30.9 Å². The van der Waals surface area contributed by atoms with Crippen LogP contribution in [0.4, 0.5) is 0 Å². The molecule has 1 N–H and O–H groups in total. The van der Waals surface area contributed by atoms with Gasteiger partial charge in [0.25, 0.3) is 5.91 Å². The quantitative estimate of drug-likeness (QED) is 0.928. The molecule has 20 heavy (non-hydrogen) atoms. The highest BCUT2D eigenvalue weighted by Gasteiger charge is 2.12. The first-order chi connectivity index (χ1) is 9.58. The minimum atomic E-state index is -0.185. The van der Waals surface area contributed by atoms with Gasteiger partial charge in [-0.3, -0.25) is 9.78 Å². The average molecular weight is 269 g/mol. The van der Waals surface area contributed by atoms with Crippen LogP contribution in [-0.2, 0) is 0 Å². The molecule has 104 valence electrons. The van der Waals surface area contributed by atoms with Gasteiger partial charge in [0, 0.05) is 18.9 Å². The highest BCUT2D eigenvalue weighted by atomic mass is 16.1. The summed E-state index contributed by atoms with van der Waals surface area (Å²) < 4.78 is 0. The molecule has 0 bridgehead atoms. The lowest BCUT2D eigenvalue weighted by Gasteiger charge is -2.16. The summed E-state index contributed by atoms with van der Waals surface area (Å²) >= 11 is 0. The summed E-state index contributed by atoms with van der Waals surface area (Å²) in [6.45, 7) is 6.86. The molecule has 1 amide bonds. The van der Waals surface area contributed by atoms with E-state index in [4.69, 9.17) is 0 Å². The Morgan fingerprint density at radius 2 is 2.10 bits per heavy atom. The van der Waals surface area contributed by atoms with Crippen molar-refractivity contribution in [3.05, 3.63) is 59.2 Å².